The van der Waals surface area contributed by atoms with Crippen molar-refractivity contribution < 1.29 is 4.74 Å². The maximum atomic E-state index is 5.98. The Morgan fingerprint density at radius 1 is 1.33 bits per heavy atom. The first-order valence-corrected chi connectivity index (χ1v) is 6.84. The molecule has 2 aliphatic rings. The van der Waals surface area contributed by atoms with Crippen molar-refractivity contribution in [3.05, 3.63) is 34.9 Å². The summed E-state index contributed by atoms with van der Waals surface area (Å²) in [6.45, 7) is 4.86. The SMILES string of the molecule is CN1CCNC(C2(c3ccc(Cl)cc3)COC2)C1. The Morgan fingerprint density at radius 3 is 2.61 bits per heavy atom. The lowest BCUT2D eigenvalue weighted by Gasteiger charge is -2.50. The quantitative estimate of drug-likeness (QED) is 0.878. The molecule has 1 atom stereocenters. The van der Waals surface area contributed by atoms with Crippen molar-refractivity contribution in [2.24, 2.45) is 0 Å². The summed E-state index contributed by atoms with van der Waals surface area (Å²) < 4.78 is 5.52. The lowest BCUT2D eigenvalue weighted by atomic mass is 9.71. The minimum Gasteiger partial charge on any atom is -0.379 e. The van der Waals surface area contributed by atoms with Crippen LogP contribution in [0.25, 0.3) is 0 Å². The molecule has 1 aromatic rings. The van der Waals surface area contributed by atoms with E-state index in [1.807, 2.05) is 12.1 Å². The van der Waals surface area contributed by atoms with Crippen LogP contribution < -0.4 is 5.32 Å². The maximum absolute atomic E-state index is 5.98. The zero-order chi connectivity index (χ0) is 12.6. The molecule has 0 saturated carbocycles. The summed E-state index contributed by atoms with van der Waals surface area (Å²) in [5.74, 6) is 0. The van der Waals surface area contributed by atoms with Crippen molar-refractivity contribution in [1.29, 1.82) is 0 Å². The highest BCUT2D eigenvalue weighted by Crippen LogP contribution is 2.37. The van der Waals surface area contributed by atoms with Crippen LogP contribution in [0.1, 0.15) is 5.56 Å². The summed E-state index contributed by atoms with van der Waals surface area (Å²) in [6.07, 6.45) is 0. The Labute approximate surface area is 113 Å². The van der Waals surface area contributed by atoms with Gasteiger partial charge in [-0.2, -0.15) is 0 Å². The fraction of sp³-hybridized carbons (Fsp3) is 0.571. The van der Waals surface area contributed by atoms with Crippen molar-refractivity contribution in [2.45, 2.75) is 11.5 Å². The van der Waals surface area contributed by atoms with E-state index < -0.39 is 0 Å². The molecule has 0 aliphatic carbocycles. The first-order valence-electron chi connectivity index (χ1n) is 6.46. The van der Waals surface area contributed by atoms with Crippen molar-refractivity contribution in [2.75, 3.05) is 39.9 Å². The number of likely N-dealkylation sites (N-methyl/N-ethyl adjacent to an activating group) is 1. The second-order valence-corrected chi connectivity index (χ2v) is 5.86. The second kappa shape index (κ2) is 4.82. The van der Waals surface area contributed by atoms with Gasteiger partial charge >= 0.3 is 0 Å². The molecule has 2 heterocycles. The van der Waals surface area contributed by atoms with Gasteiger partial charge in [0.15, 0.2) is 0 Å². The number of nitrogens with zero attached hydrogens (tertiary/aromatic N) is 1. The molecular weight excluding hydrogens is 248 g/mol. The van der Waals surface area contributed by atoms with Gasteiger partial charge < -0.3 is 15.0 Å². The van der Waals surface area contributed by atoms with Crippen molar-refractivity contribution in [1.82, 2.24) is 10.2 Å². The second-order valence-electron chi connectivity index (χ2n) is 5.42. The molecule has 98 valence electrons. The molecule has 2 fully saturated rings. The molecule has 0 radical (unpaired) electrons. The van der Waals surface area contributed by atoms with E-state index in [-0.39, 0.29) is 5.41 Å². The lowest BCUT2D eigenvalue weighted by Crippen LogP contribution is -2.66. The molecule has 1 aromatic carbocycles. The number of halogens is 1. The van der Waals surface area contributed by atoms with Crippen LogP contribution in [0.5, 0.6) is 0 Å². The minimum absolute atomic E-state index is 0.124. The summed E-state index contributed by atoms with van der Waals surface area (Å²) in [7, 11) is 2.18. The molecule has 4 heteroatoms. The monoisotopic (exact) mass is 266 g/mol. The van der Waals surface area contributed by atoms with Gasteiger partial charge in [-0.25, -0.2) is 0 Å². The Bertz CT molecular complexity index is 416. The van der Waals surface area contributed by atoms with E-state index in [4.69, 9.17) is 16.3 Å². The van der Waals surface area contributed by atoms with E-state index in [1.165, 1.54) is 5.56 Å². The van der Waals surface area contributed by atoms with E-state index in [0.717, 1.165) is 37.9 Å². The lowest BCUT2D eigenvalue weighted by molar-refractivity contribution is -0.0865. The van der Waals surface area contributed by atoms with Crippen LogP contribution in [0.3, 0.4) is 0 Å². The number of hydrogen-bond acceptors (Lipinski definition) is 3. The Kier molecular flexibility index (Phi) is 3.32. The van der Waals surface area contributed by atoms with Gasteiger partial charge in [-0.1, -0.05) is 23.7 Å². The van der Waals surface area contributed by atoms with Gasteiger partial charge in [0.2, 0.25) is 0 Å². The van der Waals surface area contributed by atoms with Crippen molar-refractivity contribution in [3.63, 3.8) is 0 Å². The molecule has 3 rings (SSSR count). The van der Waals surface area contributed by atoms with Crippen LogP contribution in [0, 0.1) is 0 Å². The van der Waals surface area contributed by atoms with Crippen LogP contribution in [0.15, 0.2) is 24.3 Å². The van der Waals surface area contributed by atoms with Crippen LogP contribution in [-0.2, 0) is 10.2 Å². The molecule has 0 aromatic heterocycles. The molecular formula is C14H19ClN2O. The van der Waals surface area contributed by atoms with Gasteiger partial charge in [0.1, 0.15) is 0 Å². The predicted octanol–water partition coefficient (Wildman–Crippen LogP) is 1.51. The molecule has 0 spiro atoms. The molecule has 0 amide bonds. The molecule has 18 heavy (non-hydrogen) atoms. The first kappa shape index (κ1) is 12.4. The number of benzene rings is 1. The summed E-state index contributed by atoms with van der Waals surface area (Å²) >= 11 is 5.98. The largest absolute Gasteiger partial charge is 0.379 e. The van der Waals surface area contributed by atoms with Gasteiger partial charge in [0.25, 0.3) is 0 Å². The fourth-order valence-electron chi connectivity index (χ4n) is 2.94. The molecule has 1 unspecified atom stereocenters. The normalized spacial score (nSPS) is 27.8. The minimum atomic E-state index is 0.124. The zero-order valence-corrected chi connectivity index (χ0v) is 11.4. The number of ether oxygens (including phenoxy) is 1. The fourth-order valence-corrected chi connectivity index (χ4v) is 3.07. The molecule has 2 aliphatic heterocycles. The average Bonchev–Trinajstić information content (AvgIpc) is 2.30. The molecule has 0 bridgehead atoms. The average molecular weight is 267 g/mol. The Hall–Kier alpha value is -0.610. The van der Waals surface area contributed by atoms with Crippen LogP contribution in [-0.4, -0.2) is 50.8 Å². The highest BCUT2D eigenvalue weighted by molar-refractivity contribution is 6.30. The number of nitrogens with one attached hydrogen (secondary N) is 1. The molecule has 1 N–H and O–H groups in total. The number of hydrogen-bond donors (Lipinski definition) is 1. The third-order valence-electron chi connectivity index (χ3n) is 4.18. The van der Waals surface area contributed by atoms with E-state index in [9.17, 15) is 0 Å². The first-order chi connectivity index (χ1) is 8.71. The highest BCUT2D eigenvalue weighted by Gasteiger charge is 2.47. The number of rotatable bonds is 2. The summed E-state index contributed by atoms with van der Waals surface area (Å²) in [6, 6.07) is 8.70. The zero-order valence-electron chi connectivity index (χ0n) is 10.7. The molecule has 3 nitrogen and oxygen atoms in total. The smallest absolute Gasteiger partial charge is 0.0601 e. The maximum Gasteiger partial charge on any atom is 0.0601 e. The highest BCUT2D eigenvalue weighted by atomic mass is 35.5. The van der Waals surface area contributed by atoms with Crippen molar-refractivity contribution >= 4 is 11.6 Å². The Balaban J connectivity index is 1.87. The summed E-state index contributed by atoms with van der Waals surface area (Å²) in [5.41, 5.74) is 1.46. The van der Waals surface area contributed by atoms with Gasteiger partial charge in [0, 0.05) is 30.7 Å². The van der Waals surface area contributed by atoms with Crippen LogP contribution in [0.4, 0.5) is 0 Å². The van der Waals surface area contributed by atoms with Gasteiger partial charge in [-0.05, 0) is 24.7 Å². The van der Waals surface area contributed by atoms with E-state index in [1.54, 1.807) is 0 Å². The van der Waals surface area contributed by atoms with E-state index in [2.05, 4.69) is 29.4 Å². The number of piperazine rings is 1. The summed E-state index contributed by atoms with van der Waals surface area (Å²) in [5, 5.41) is 4.45. The Morgan fingerprint density at radius 2 is 2.06 bits per heavy atom. The van der Waals surface area contributed by atoms with Crippen molar-refractivity contribution in [3.8, 4) is 0 Å². The third-order valence-corrected chi connectivity index (χ3v) is 4.44. The molecule has 2 saturated heterocycles. The van der Waals surface area contributed by atoms with E-state index >= 15 is 0 Å². The standard InChI is InChI=1S/C14H19ClN2O/c1-17-7-6-16-13(8-17)14(9-18-10-14)11-2-4-12(15)5-3-11/h2-5,13,16H,6-10H2,1H3. The van der Waals surface area contributed by atoms with Gasteiger partial charge in [-0.15, -0.1) is 0 Å². The van der Waals surface area contributed by atoms with Crippen LogP contribution >= 0.6 is 11.6 Å². The van der Waals surface area contributed by atoms with Crippen LogP contribution in [0.2, 0.25) is 5.02 Å². The predicted molar refractivity (Wildman–Crippen MR) is 73.2 cm³/mol. The van der Waals surface area contributed by atoms with Gasteiger partial charge in [-0.3, -0.25) is 0 Å². The van der Waals surface area contributed by atoms with E-state index in [0.29, 0.717) is 6.04 Å². The van der Waals surface area contributed by atoms with Gasteiger partial charge in [0.05, 0.1) is 18.6 Å². The summed E-state index contributed by atoms with van der Waals surface area (Å²) in [4.78, 5) is 2.39. The third kappa shape index (κ3) is 2.05. The topological polar surface area (TPSA) is 24.5 Å².